The molecule has 1 aromatic rings. The highest BCUT2D eigenvalue weighted by Crippen LogP contribution is 2.23. The highest BCUT2D eigenvalue weighted by molar-refractivity contribution is 6.28. The molecule has 0 radical (unpaired) electrons. The summed E-state index contributed by atoms with van der Waals surface area (Å²) in [5.74, 6) is -0.104. The fourth-order valence-electron chi connectivity index (χ4n) is 0.708. The third-order valence-electron chi connectivity index (χ3n) is 1.18. The highest BCUT2D eigenvalue weighted by Gasteiger charge is 2.17. The van der Waals surface area contributed by atoms with Crippen molar-refractivity contribution >= 4 is 17.3 Å². The fourth-order valence-corrected chi connectivity index (χ4v) is 0.833. The van der Waals surface area contributed by atoms with Gasteiger partial charge in [-0.2, -0.15) is 4.98 Å². The molecule has 0 amide bonds. The van der Waals surface area contributed by atoms with Crippen LogP contribution in [-0.2, 0) is 0 Å². The minimum Gasteiger partial charge on any atom is -0.473 e. The van der Waals surface area contributed by atoms with Crippen molar-refractivity contribution in [1.29, 1.82) is 0 Å². The first-order chi connectivity index (χ1) is 6.15. The van der Waals surface area contributed by atoms with Gasteiger partial charge in [0.25, 0.3) is 5.88 Å². The fraction of sp³-hybridized carbons (Fsp3) is 0.333. The molecule has 0 aliphatic rings. The van der Waals surface area contributed by atoms with Gasteiger partial charge in [-0.05, 0) is 18.5 Å². The summed E-state index contributed by atoms with van der Waals surface area (Å²) in [6.07, 6.45) is 1.01. The van der Waals surface area contributed by atoms with Crippen molar-refractivity contribution in [1.82, 2.24) is 9.97 Å². The Balaban J connectivity index is 3.10. The first kappa shape index (κ1) is 9.66. The van der Waals surface area contributed by atoms with E-state index in [0.29, 0.717) is 0 Å². The molecule has 0 atom stereocenters. The molecule has 7 heteroatoms. The highest BCUT2D eigenvalue weighted by atomic mass is 35.5. The quantitative estimate of drug-likeness (QED) is 0.422. The van der Waals surface area contributed by atoms with Crippen molar-refractivity contribution in [2.24, 2.45) is 0 Å². The second-order valence-corrected chi connectivity index (χ2v) is 2.36. The predicted octanol–water partition coefficient (Wildman–Crippen LogP) is 1.44. The summed E-state index contributed by atoms with van der Waals surface area (Å²) in [5.41, 5.74) is -0.286. The Hall–Kier alpha value is -1.43. The van der Waals surface area contributed by atoms with E-state index in [2.05, 4.69) is 9.97 Å². The standard InChI is InChI=1S/C6H6ClN3O3/c1-2-13-5-4(10(11)12)3-8-6(7)9-5/h3H,2H2,1H3. The van der Waals surface area contributed by atoms with Crippen molar-refractivity contribution in [3.05, 3.63) is 21.6 Å². The largest absolute Gasteiger partial charge is 0.473 e. The summed E-state index contributed by atoms with van der Waals surface area (Å²) >= 11 is 5.43. The van der Waals surface area contributed by atoms with Gasteiger partial charge in [0.15, 0.2) is 0 Å². The third-order valence-corrected chi connectivity index (χ3v) is 1.37. The van der Waals surface area contributed by atoms with Gasteiger partial charge in [0, 0.05) is 0 Å². The second-order valence-electron chi connectivity index (χ2n) is 2.02. The van der Waals surface area contributed by atoms with Gasteiger partial charge in [0.05, 0.1) is 11.5 Å². The summed E-state index contributed by atoms with van der Waals surface area (Å²) in [5, 5.41) is 10.3. The Morgan fingerprint density at radius 3 is 3.00 bits per heavy atom. The molecule has 1 rings (SSSR count). The molecule has 1 aromatic heterocycles. The van der Waals surface area contributed by atoms with Crippen LogP contribution in [0.4, 0.5) is 5.69 Å². The van der Waals surface area contributed by atoms with E-state index in [-0.39, 0.29) is 23.5 Å². The van der Waals surface area contributed by atoms with Crippen LogP contribution in [-0.4, -0.2) is 21.5 Å². The first-order valence-corrected chi connectivity index (χ1v) is 3.82. The number of ether oxygens (including phenoxy) is 1. The van der Waals surface area contributed by atoms with Crippen molar-refractivity contribution < 1.29 is 9.66 Å². The van der Waals surface area contributed by atoms with E-state index in [0.717, 1.165) is 6.20 Å². The zero-order chi connectivity index (χ0) is 9.84. The van der Waals surface area contributed by atoms with Crippen LogP contribution in [0.15, 0.2) is 6.20 Å². The van der Waals surface area contributed by atoms with Crippen molar-refractivity contribution in [2.45, 2.75) is 6.92 Å². The van der Waals surface area contributed by atoms with Gasteiger partial charge in [-0.3, -0.25) is 10.1 Å². The Labute approximate surface area is 78.7 Å². The van der Waals surface area contributed by atoms with E-state index >= 15 is 0 Å². The molecule has 0 unspecified atom stereocenters. The van der Waals surface area contributed by atoms with Gasteiger partial charge >= 0.3 is 5.69 Å². The molecule has 0 saturated carbocycles. The number of halogens is 1. The van der Waals surface area contributed by atoms with Crippen molar-refractivity contribution in [3.63, 3.8) is 0 Å². The number of nitro groups is 1. The lowest BCUT2D eigenvalue weighted by atomic mass is 10.5. The van der Waals surface area contributed by atoms with Gasteiger partial charge in [-0.25, -0.2) is 4.98 Å². The van der Waals surface area contributed by atoms with Gasteiger partial charge in [-0.15, -0.1) is 0 Å². The van der Waals surface area contributed by atoms with Gasteiger partial charge in [-0.1, -0.05) is 0 Å². The Bertz CT molecular complexity index is 331. The predicted molar refractivity (Wildman–Crippen MR) is 44.9 cm³/mol. The maximum absolute atomic E-state index is 10.4. The van der Waals surface area contributed by atoms with Crippen LogP contribution in [0.5, 0.6) is 5.88 Å². The van der Waals surface area contributed by atoms with E-state index in [1.807, 2.05) is 0 Å². The average molecular weight is 204 g/mol. The minimum atomic E-state index is -0.624. The van der Waals surface area contributed by atoms with E-state index in [4.69, 9.17) is 16.3 Å². The van der Waals surface area contributed by atoms with E-state index in [9.17, 15) is 10.1 Å². The zero-order valence-corrected chi connectivity index (χ0v) is 7.48. The van der Waals surface area contributed by atoms with Crippen LogP contribution < -0.4 is 4.74 Å². The van der Waals surface area contributed by atoms with Crippen LogP contribution in [0.3, 0.4) is 0 Å². The molecular weight excluding hydrogens is 198 g/mol. The third kappa shape index (κ3) is 2.25. The molecule has 0 aromatic carbocycles. The number of nitrogens with zero attached hydrogens (tertiary/aromatic N) is 3. The number of hydrogen-bond acceptors (Lipinski definition) is 5. The normalized spacial score (nSPS) is 9.69. The lowest BCUT2D eigenvalue weighted by Gasteiger charge is -2.01. The molecule has 0 aliphatic heterocycles. The maximum atomic E-state index is 10.4. The Morgan fingerprint density at radius 2 is 2.46 bits per heavy atom. The maximum Gasteiger partial charge on any atom is 0.349 e. The second kappa shape index (κ2) is 3.99. The van der Waals surface area contributed by atoms with Crippen molar-refractivity contribution in [3.8, 4) is 5.88 Å². The van der Waals surface area contributed by atoms with Gasteiger partial charge in [0.1, 0.15) is 6.20 Å². The van der Waals surface area contributed by atoms with E-state index in [1.54, 1.807) is 6.92 Å². The molecular formula is C6H6ClN3O3. The van der Waals surface area contributed by atoms with Crippen LogP contribution in [0.25, 0.3) is 0 Å². The number of rotatable bonds is 3. The van der Waals surface area contributed by atoms with E-state index in [1.165, 1.54) is 0 Å². The van der Waals surface area contributed by atoms with Gasteiger partial charge < -0.3 is 4.74 Å². The topological polar surface area (TPSA) is 78.2 Å². The smallest absolute Gasteiger partial charge is 0.349 e. The van der Waals surface area contributed by atoms with Gasteiger partial charge in [0.2, 0.25) is 5.28 Å². The molecule has 0 N–H and O–H groups in total. The summed E-state index contributed by atoms with van der Waals surface area (Å²) < 4.78 is 4.90. The monoisotopic (exact) mass is 203 g/mol. The molecule has 13 heavy (non-hydrogen) atoms. The van der Waals surface area contributed by atoms with Crippen LogP contribution >= 0.6 is 11.6 Å². The van der Waals surface area contributed by atoms with Crippen molar-refractivity contribution in [2.75, 3.05) is 6.61 Å². The average Bonchev–Trinajstić information content (AvgIpc) is 2.04. The summed E-state index contributed by atoms with van der Waals surface area (Å²) in [7, 11) is 0. The molecule has 0 aliphatic carbocycles. The summed E-state index contributed by atoms with van der Waals surface area (Å²) in [4.78, 5) is 16.8. The molecule has 0 saturated heterocycles. The number of aromatic nitrogens is 2. The Morgan fingerprint density at radius 1 is 1.77 bits per heavy atom. The first-order valence-electron chi connectivity index (χ1n) is 3.45. The van der Waals surface area contributed by atoms with Crippen LogP contribution in [0.1, 0.15) is 6.92 Å². The van der Waals surface area contributed by atoms with Crippen LogP contribution in [0.2, 0.25) is 5.28 Å². The summed E-state index contributed by atoms with van der Waals surface area (Å²) in [6, 6.07) is 0. The summed E-state index contributed by atoms with van der Waals surface area (Å²) in [6.45, 7) is 1.98. The number of hydrogen-bond donors (Lipinski definition) is 0. The minimum absolute atomic E-state index is 0.0750. The van der Waals surface area contributed by atoms with Crippen LogP contribution in [0, 0.1) is 10.1 Å². The molecule has 70 valence electrons. The molecule has 0 fully saturated rings. The molecule has 1 heterocycles. The lowest BCUT2D eigenvalue weighted by molar-refractivity contribution is -0.386. The van der Waals surface area contributed by atoms with E-state index < -0.39 is 4.92 Å². The molecule has 0 spiro atoms. The SMILES string of the molecule is CCOc1nc(Cl)ncc1[N+](=O)[O-]. The molecule has 6 nitrogen and oxygen atoms in total. The molecule has 0 bridgehead atoms. The Kier molecular flexibility index (Phi) is 2.97. The lowest BCUT2D eigenvalue weighted by Crippen LogP contribution is -2.00. The zero-order valence-electron chi connectivity index (χ0n) is 6.73.